The van der Waals surface area contributed by atoms with Crippen LogP contribution in [0.4, 0.5) is 0 Å². The Morgan fingerprint density at radius 3 is 2.27 bits per heavy atom. The molecular weight excluding hydrogens is 210 g/mol. The highest BCUT2D eigenvalue weighted by Gasteiger charge is 2.15. The Balaban J connectivity index is 2.63. The van der Waals surface area contributed by atoms with Gasteiger partial charge in [-0.15, -0.1) is 10.2 Å². The third-order valence-electron chi connectivity index (χ3n) is 0.744. The Kier molecular flexibility index (Phi) is 2.70. The molecule has 4 nitrogen and oxygen atoms in total. The summed E-state index contributed by atoms with van der Waals surface area (Å²) in [6.07, 6.45) is 3.92. The summed E-state index contributed by atoms with van der Waals surface area (Å²) < 4.78 is -0.161. The number of aromatic nitrogens is 3. The van der Waals surface area contributed by atoms with E-state index >= 15 is 0 Å². The van der Waals surface area contributed by atoms with E-state index in [1.165, 1.54) is 17.3 Å². The number of alkyl halides is 3. The molecule has 0 aliphatic heterocycles. The van der Waals surface area contributed by atoms with Crippen molar-refractivity contribution >= 4 is 41.0 Å². The zero-order chi connectivity index (χ0) is 8.32. The van der Waals surface area contributed by atoms with E-state index < -0.39 is 3.79 Å². The molecule has 0 unspecified atom stereocenters. The fourth-order valence-corrected chi connectivity index (χ4v) is 0.518. The molecule has 0 atom stereocenters. The minimum atomic E-state index is -1.48. The van der Waals surface area contributed by atoms with Crippen molar-refractivity contribution in [2.75, 3.05) is 0 Å². The molecule has 60 valence electrons. The highest BCUT2D eigenvalue weighted by atomic mass is 35.6. The predicted molar refractivity (Wildman–Crippen MR) is 44.2 cm³/mol. The van der Waals surface area contributed by atoms with Gasteiger partial charge in [0.2, 0.25) is 3.79 Å². The lowest BCUT2D eigenvalue weighted by atomic mass is 10.9. The third kappa shape index (κ3) is 3.55. The molecule has 0 aliphatic rings. The van der Waals surface area contributed by atoms with E-state index in [0.717, 1.165) is 6.21 Å². The summed E-state index contributed by atoms with van der Waals surface area (Å²) in [5, 5.41) is 10.7. The number of halogens is 3. The van der Waals surface area contributed by atoms with Crippen LogP contribution in [0.15, 0.2) is 17.8 Å². The monoisotopic (exact) mass is 212 g/mol. The Hall–Kier alpha value is -0.320. The maximum atomic E-state index is 5.38. The normalized spacial score (nSPS) is 12.6. The van der Waals surface area contributed by atoms with Crippen molar-refractivity contribution in [2.24, 2.45) is 5.10 Å². The Morgan fingerprint density at radius 2 is 1.82 bits per heavy atom. The van der Waals surface area contributed by atoms with Crippen LogP contribution in [-0.4, -0.2) is 24.9 Å². The van der Waals surface area contributed by atoms with E-state index in [1.807, 2.05) is 0 Å². The molecule has 0 bridgehead atoms. The molecule has 0 saturated heterocycles. The summed E-state index contributed by atoms with van der Waals surface area (Å²) in [6, 6.07) is 0. The van der Waals surface area contributed by atoms with E-state index in [4.69, 9.17) is 34.8 Å². The molecule has 1 aromatic rings. The van der Waals surface area contributed by atoms with Gasteiger partial charge < -0.3 is 0 Å². The first-order valence-electron chi connectivity index (χ1n) is 2.55. The quantitative estimate of drug-likeness (QED) is 0.524. The van der Waals surface area contributed by atoms with Gasteiger partial charge in [0.1, 0.15) is 12.7 Å². The highest BCUT2D eigenvalue weighted by Crippen LogP contribution is 2.22. The Labute approximate surface area is 77.8 Å². The molecule has 0 spiro atoms. The summed E-state index contributed by atoms with van der Waals surface area (Å²) >= 11 is 16.1. The fourth-order valence-electron chi connectivity index (χ4n) is 0.387. The van der Waals surface area contributed by atoms with Crippen molar-refractivity contribution in [1.82, 2.24) is 14.9 Å². The summed E-state index contributed by atoms with van der Waals surface area (Å²) in [5.41, 5.74) is 0. The fraction of sp³-hybridized carbons (Fsp3) is 0.250. The van der Waals surface area contributed by atoms with Gasteiger partial charge in [0, 0.05) is 0 Å². The first kappa shape index (κ1) is 8.77. The van der Waals surface area contributed by atoms with Crippen LogP contribution in [0.5, 0.6) is 0 Å². The second-order valence-corrected chi connectivity index (χ2v) is 4.00. The molecule has 7 heteroatoms. The van der Waals surface area contributed by atoms with Crippen molar-refractivity contribution in [3.05, 3.63) is 12.7 Å². The molecule has 0 N–H and O–H groups in total. The maximum absolute atomic E-state index is 5.38. The summed E-state index contributed by atoms with van der Waals surface area (Å²) in [6.45, 7) is 0. The van der Waals surface area contributed by atoms with Gasteiger partial charge in [-0.25, -0.2) is 4.68 Å². The van der Waals surface area contributed by atoms with Crippen LogP contribution in [0.1, 0.15) is 0 Å². The minimum absolute atomic E-state index is 1.15. The molecule has 0 aliphatic carbocycles. The summed E-state index contributed by atoms with van der Waals surface area (Å²) in [7, 11) is 0. The van der Waals surface area contributed by atoms with Gasteiger partial charge in [0.15, 0.2) is 0 Å². The van der Waals surface area contributed by atoms with Crippen molar-refractivity contribution in [2.45, 2.75) is 3.79 Å². The van der Waals surface area contributed by atoms with Gasteiger partial charge in [-0.2, -0.15) is 5.10 Å². The Bertz CT molecular complexity index is 236. The van der Waals surface area contributed by atoms with Crippen molar-refractivity contribution in [3.8, 4) is 0 Å². The molecule has 11 heavy (non-hydrogen) atoms. The van der Waals surface area contributed by atoms with Crippen LogP contribution >= 0.6 is 34.8 Å². The molecule has 1 rings (SSSR count). The topological polar surface area (TPSA) is 43.1 Å². The first-order chi connectivity index (χ1) is 5.08. The van der Waals surface area contributed by atoms with Crippen LogP contribution in [-0.2, 0) is 0 Å². The molecule has 0 saturated carbocycles. The van der Waals surface area contributed by atoms with Gasteiger partial charge in [-0.1, -0.05) is 34.8 Å². The average Bonchev–Trinajstić information content (AvgIpc) is 2.32. The number of hydrogen-bond acceptors (Lipinski definition) is 3. The smallest absolute Gasteiger partial charge is 0.208 e. The predicted octanol–water partition coefficient (Wildman–Crippen LogP) is 1.48. The molecule has 0 aromatic carbocycles. The molecule has 0 radical (unpaired) electrons. The first-order valence-corrected chi connectivity index (χ1v) is 3.68. The zero-order valence-electron chi connectivity index (χ0n) is 5.15. The Morgan fingerprint density at radius 1 is 1.27 bits per heavy atom. The largest absolute Gasteiger partial charge is 0.227 e. The van der Waals surface area contributed by atoms with Crippen molar-refractivity contribution in [1.29, 1.82) is 0 Å². The van der Waals surface area contributed by atoms with E-state index in [2.05, 4.69) is 15.3 Å². The minimum Gasteiger partial charge on any atom is -0.208 e. The lowest BCUT2D eigenvalue weighted by Gasteiger charge is -1.99. The second kappa shape index (κ2) is 3.38. The number of rotatable bonds is 1. The van der Waals surface area contributed by atoms with E-state index in [-0.39, 0.29) is 0 Å². The van der Waals surface area contributed by atoms with Gasteiger partial charge in [-0.05, 0) is 0 Å². The van der Waals surface area contributed by atoms with Gasteiger partial charge >= 0.3 is 0 Å². The SMILES string of the molecule is ClC(Cl)(Cl)/C=N/n1cnnc1. The molecule has 1 heterocycles. The third-order valence-corrected chi connectivity index (χ3v) is 1.04. The second-order valence-electron chi connectivity index (χ2n) is 1.63. The van der Waals surface area contributed by atoms with Crippen LogP contribution in [0.3, 0.4) is 0 Å². The lowest BCUT2D eigenvalue weighted by Crippen LogP contribution is -2.04. The van der Waals surface area contributed by atoms with Crippen LogP contribution in [0, 0.1) is 0 Å². The lowest BCUT2D eigenvalue weighted by molar-refractivity contribution is 0.875. The molecule has 0 amide bonds. The van der Waals surface area contributed by atoms with E-state index in [1.54, 1.807) is 0 Å². The standard InChI is InChI=1S/C4H3Cl3N4/c5-4(6,7)1-10-11-2-8-9-3-11/h1-3H/b10-1+. The molecule has 1 aromatic heterocycles. The van der Waals surface area contributed by atoms with Gasteiger partial charge in [-0.3, -0.25) is 0 Å². The molecular formula is C4H3Cl3N4. The van der Waals surface area contributed by atoms with Crippen molar-refractivity contribution < 1.29 is 0 Å². The van der Waals surface area contributed by atoms with Crippen LogP contribution in [0.25, 0.3) is 0 Å². The maximum Gasteiger partial charge on any atom is 0.227 e. The van der Waals surface area contributed by atoms with E-state index in [0.29, 0.717) is 0 Å². The average molecular weight is 213 g/mol. The summed E-state index contributed by atoms with van der Waals surface area (Å²) in [5.74, 6) is 0. The highest BCUT2D eigenvalue weighted by molar-refractivity contribution is 6.74. The van der Waals surface area contributed by atoms with E-state index in [9.17, 15) is 0 Å². The zero-order valence-corrected chi connectivity index (χ0v) is 7.42. The number of nitrogens with zero attached hydrogens (tertiary/aromatic N) is 4. The van der Waals surface area contributed by atoms with Crippen LogP contribution in [0.2, 0.25) is 0 Å². The van der Waals surface area contributed by atoms with Gasteiger partial charge in [0.05, 0.1) is 6.21 Å². The van der Waals surface area contributed by atoms with Crippen LogP contribution < -0.4 is 0 Å². The van der Waals surface area contributed by atoms with Gasteiger partial charge in [0.25, 0.3) is 0 Å². The number of hydrogen-bond donors (Lipinski definition) is 0. The van der Waals surface area contributed by atoms with Crippen molar-refractivity contribution in [3.63, 3.8) is 0 Å². The summed E-state index contributed by atoms with van der Waals surface area (Å²) in [4.78, 5) is 0. The molecule has 0 fully saturated rings.